The van der Waals surface area contributed by atoms with E-state index in [9.17, 15) is 31.2 Å². The van der Waals surface area contributed by atoms with Crippen LogP contribution in [0.4, 0.5) is 18.9 Å². The highest BCUT2D eigenvalue weighted by molar-refractivity contribution is 7.92. The Hall–Kier alpha value is -4.32. The maximum absolute atomic E-state index is 13.9. The van der Waals surface area contributed by atoms with Crippen molar-refractivity contribution in [2.75, 3.05) is 11.3 Å². The first kappa shape index (κ1) is 31.1. The van der Waals surface area contributed by atoms with Crippen molar-refractivity contribution >= 4 is 21.6 Å². The van der Waals surface area contributed by atoms with Crippen LogP contribution in [-0.2, 0) is 23.2 Å². The van der Waals surface area contributed by atoms with Crippen molar-refractivity contribution in [1.82, 2.24) is 14.3 Å². The van der Waals surface area contributed by atoms with Crippen LogP contribution in [0, 0.1) is 13.8 Å². The second kappa shape index (κ2) is 11.0. The van der Waals surface area contributed by atoms with Crippen LogP contribution in [0.1, 0.15) is 58.9 Å². The van der Waals surface area contributed by atoms with E-state index in [1.54, 1.807) is 80.7 Å². The molecular weight excluding hydrogens is 593 g/mol. The van der Waals surface area contributed by atoms with Crippen LogP contribution in [-0.4, -0.2) is 40.7 Å². The lowest BCUT2D eigenvalue weighted by Crippen LogP contribution is -2.45. The van der Waals surface area contributed by atoms with Gasteiger partial charge in [0.15, 0.2) is 0 Å². The first-order valence-corrected chi connectivity index (χ1v) is 15.5. The van der Waals surface area contributed by atoms with Crippen molar-refractivity contribution in [3.8, 4) is 5.69 Å². The van der Waals surface area contributed by atoms with Gasteiger partial charge in [0, 0.05) is 30.6 Å². The summed E-state index contributed by atoms with van der Waals surface area (Å²) in [6.07, 6.45) is -4.04. The van der Waals surface area contributed by atoms with Gasteiger partial charge in [-0.2, -0.15) is 13.2 Å². The van der Waals surface area contributed by atoms with E-state index >= 15 is 0 Å². The molecule has 0 aliphatic carbocycles. The number of halogens is 3. The molecule has 2 heterocycles. The van der Waals surface area contributed by atoms with Crippen LogP contribution in [0.15, 0.2) is 82.5 Å². The maximum atomic E-state index is 13.9. The van der Waals surface area contributed by atoms with E-state index in [1.165, 1.54) is 28.9 Å². The van der Waals surface area contributed by atoms with Crippen molar-refractivity contribution in [3.63, 3.8) is 0 Å². The fourth-order valence-electron chi connectivity index (χ4n) is 5.98. The number of benzene rings is 3. The number of aryl methyl sites for hydroxylation is 1. The predicted molar refractivity (Wildman–Crippen MR) is 162 cm³/mol. The summed E-state index contributed by atoms with van der Waals surface area (Å²) < 4.78 is 72.6. The predicted octanol–water partition coefficient (Wildman–Crippen LogP) is 6.02. The topological polar surface area (TPSA) is 93.4 Å². The minimum absolute atomic E-state index is 0.116. The summed E-state index contributed by atoms with van der Waals surface area (Å²) in [5.74, 6) is -0.795. The summed E-state index contributed by atoms with van der Waals surface area (Å²) in [7, 11) is -2.65. The smallest absolute Gasteiger partial charge is 0.333 e. The summed E-state index contributed by atoms with van der Waals surface area (Å²) in [6.45, 7) is 7.19. The van der Waals surface area contributed by atoms with Crippen LogP contribution in [0.3, 0.4) is 0 Å². The van der Waals surface area contributed by atoms with Gasteiger partial charge in [-0.1, -0.05) is 42.5 Å². The molecule has 1 N–H and O–H groups in total. The van der Waals surface area contributed by atoms with Gasteiger partial charge in [0.2, 0.25) is 0 Å². The number of alkyl halides is 3. The molecule has 1 fully saturated rings. The molecule has 12 heteroatoms. The third-order valence-corrected chi connectivity index (χ3v) is 9.94. The number of hydrogen-bond acceptors (Lipinski definition) is 4. The summed E-state index contributed by atoms with van der Waals surface area (Å²) in [5, 5.41) is 0. The van der Waals surface area contributed by atoms with E-state index in [1.807, 2.05) is 0 Å². The number of sulfonamides is 1. The van der Waals surface area contributed by atoms with Gasteiger partial charge in [-0.15, -0.1) is 0 Å². The molecule has 1 atom stereocenters. The largest absolute Gasteiger partial charge is 0.416 e. The zero-order chi connectivity index (χ0) is 32.2. The SMILES string of the molecule is Cc1ccc(S(=O)(=O)Nc2c(C)n(C)n(-c3ccccc3)c2=O)cc1C(=O)N1CCC(c2cccc(C(F)(F)F)c2)C1(C)C. The van der Waals surface area contributed by atoms with Crippen LogP contribution >= 0.6 is 0 Å². The molecule has 1 amide bonds. The van der Waals surface area contributed by atoms with Gasteiger partial charge in [-0.3, -0.25) is 19.0 Å². The molecule has 0 spiro atoms. The molecular formula is C32H33F3N4O4S. The van der Waals surface area contributed by atoms with Crippen LogP contribution in [0.25, 0.3) is 5.69 Å². The Morgan fingerprint density at radius 2 is 1.66 bits per heavy atom. The van der Waals surface area contributed by atoms with E-state index in [4.69, 9.17) is 0 Å². The standard InChI is InChI=1S/C32H33F3N4O4S/c1-20-14-15-25(44(42,43)36-28-21(2)37(5)39(30(28)41)24-12-7-6-8-13-24)19-26(20)29(40)38-17-16-27(31(38,3)4)22-10-9-11-23(18-22)32(33,34)35/h6-15,18-19,27,36H,16-17H2,1-5H3. The number of aromatic nitrogens is 2. The van der Waals surface area contributed by atoms with Gasteiger partial charge in [-0.25, -0.2) is 13.1 Å². The number of likely N-dealkylation sites (tertiary alicyclic amines) is 1. The van der Waals surface area contributed by atoms with Gasteiger partial charge in [0.25, 0.3) is 21.5 Å². The molecule has 1 aliphatic heterocycles. The zero-order valence-corrected chi connectivity index (χ0v) is 25.8. The molecule has 232 valence electrons. The van der Waals surface area contributed by atoms with Crippen LogP contribution in [0.2, 0.25) is 0 Å². The third-order valence-electron chi connectivity index (χ3n) is 8.59. The molecule has 1 unspecified atom stereocenters. The summed E-state index contributed by atoms with van der Waals surface area (Å²) in [6, 6.07) is 18.1. The summed E-state index contributed by atoms with van der Waals surface area (Å²) in [4.78, 5) is 28.6. The lowest BCUT2D eigenvalue weighted by Gasteiger charge is -2.37. The molecule has 0 radical (unpaired) electrons. The molecule has 8 nitrogen and oxygen atoms in total. The van der Waals surface area contributed by atoms with Gasteiger partial charge in [-0.05, 0) is 75.6 Å². The van der Waals surface area contributed by atoms with Crippen LogP contribution in [0.5, 0.6) is 0 Å². The Morgan fingerprint density at radius 1 is 0.977 bits per heavy atom. The fourth-order valence-corrected chi connectivity index (χ4v) is 7.12. The van der Waals surface area contributed by atoms with E-state index in [-0.39, 0.29) is 28.6 Å². The minimum Gasteiger partial charge on any atom is -0.333 e. The first-order valence-electron chi connectivity index (χ1n) is 14.0. The number of hydrogen-bond donors (Lipinski definition) is 1. The Kier molecular flexibility index (Phi) is 7.77. The number of rotatable bonds is 6. The Bertz CT molecular complexity index is 1910. The lowest BCUT2D eigenvalue weighted by molar-refractivity contribution is -0.137. The Labute approximate surface area is 253 Å². The van der Waals surface area contributed by atoms with Gasteiger partial charge < -0.3 is 4.90 Å². The Balaban J connectivity index is 1.45. The number of amides is 1. The molecule has 1 aromatic heterocycles. The molecule has 44 heavy (non-hydrogen) atoms. The molecule has 0 bridgehead atoms. The van der Waals surface area contributed by atoms with E-state index in [2.05, 4.69) is 4.72 Å². The van der Waals surface area contributed by atoms with E-state index < -0.39 is 38.8 Å². The number of nitrogens with zero attached hydrogens (tertiary/aromatic N) is 3. The average Bonchev–Trinajstić information content (AvgIpc) is 3.39. The highest BCUT2D eigenvalue weighted by Crippen LogP contribution is 2.44. The second-order valence-corrected chi connectivity index (χ2v) is 13.3. The molecule has 4 aromatic rings. The summed E-state index contributed by atoms with van der Waals surface area (Å²) >= 11 is 0. The van der Waals surface area contributed by atoms with Gasteiger partial charge >= 0.3 is 6.18 Å². The number of anilines is 1. The Morgan fingerprint density at radius 3 is 2.32 bits per heavy atom. The molecule has 0 saturated carbocycles. The van der Waals surface area contributed by atoms with E-state index in [0.717, 1.165) is 12.1 Å². The van der Waals surface area contributed by atoms with E-state index in [0.29, 0.717) is 28.9 Å². The molecule has 1 saturated heterocycles. The van der Waals surface area contributed by atoms with Gasteiger partial charge in [0.1, 0.15) is 5.69 Å². The minimum atomic E-state index is -4.49. The highest BCUT2D eigenvalue weighted by atomic mass is 32.2. The normalized spacial score (nSPS) is 16.7. The molecule has 5 rings (SSSR count). The van der Waals surface area contributed by atoms with Crippen molar-refractivity contribution in [1.29, 1.82) is 0 Å². The van der Waals surface area contributed by atoms with Crippen molar-refractivity contribution < 1.29 is 26.4 Å². The average molecular weight is 627 g/mol. The number of nitrogens with one attached hydrogen (secondary N) is 1. The van der Waals surface area contributed by atoms with Crippen LogP contribution < -0.4 is 10.3 Å². The zero-order valence-electron chi connectivity index (χ0n) is 24.9. The monoisotopic (exact) mass is 626 g/mol. The summed E-state index contributed by atoms with van der Waals surface area (Å²) in [5.41, 5.74) is -0.148. The molecule has 3 aromatic carbocycles. The van der Waals surface area contributed by atoms with Crippen molar-refractivity contribution in [2.24, 2.45) is 7.05 Å². The lowest BCUT2D eigenvalue weighted by atomic mass is 9.82. The second-order valence-electron chi connectivity index (χ2n) is 11.6. The third kappa shape index (κ3) is 5.42. The fraction of sp³-hybridized carbons (Fsp3) is 0.312. The number of carbonyl (C=O) groups excluding carboxylic acids is 1. The highest BCUT2D eigenvalue weighted by Gasteiger charge is 2.45. The van der Waals surface area contributed by atoms with Gasteiger partial charge in [0.05, 0.1) is 21.8 Å². The molecule has 1 aliphatic rings. The van der Waals surface area contributed by atoms with Crippen molar-refractivity contribution in [2.45, 2.75) is 56.6 Å². The quantitative estimate of drug-likeness (QED) is 0.283. The number of para-hydroxylation sites is 1. The first-order chi connectivity index (χ1) is 20.5. The maximum Gasteiger partial charge on any atom is 0.416 e. The number of carbonyl (C=O) groups is 1. The van der Waals surface area contributed by atoms with Crippen molar-refractivity contribution in [3.05, 3.63) is 111 Å².